The van der Waals surface area contributed by atoms with E-state index in [0.29, 0.717) is 22.4 Å². The van der Waals surface area contributed by atoms with Crippen LogP contribution in [-0.4, -0.2) is 43.1 Å². The maximum Gasteiger partial charge on any atom is 0.330 e. The molecule has 1 fully saturated rings. The van der Waals surface area contributed by atoms with E-state index in [0.717, 1.165) is 37.1 Å². The van der Waals surface area contributed by atoms with Gasteiger partial charge in [0.2, 0.25) is 5.95 Å². The molecule has 4 rings (SSSR count). The smallest absolute Gasteiger partial charge is 0.324 e. The fraction of sp³-hybridized carbons (Fsp3) is 0.476. The Labute approximate surface area is 175 Å². The lowest BCUT2D eigenvalue weighted by atomic mass is 10.1. The van der Waals surface area contributed by atoms with E-state index < -0.39 is 21.7 Å². The van der Waals surface area contributed by atoms with Crippen molar-refractivity contribution in [1.29, 1.82) is 0 Å². The summed E-state index contributed by atoms with van der Waals surface area (Å²) >= 11 is 0. The Hall–Kier alpha value is -2.42. The highest BCUT2D eigenvalue weighted by Crippen LogP contribution is 2.46. The Bertz CT molecular complexity index is 1170. The van der Waals surface area contributed by atoms with E-state index in [1.165, 1.54) is 5.75 Å². The first-order chi connectivity index (χ1) is 14.2. The van der Waals surface area contributed by atoms with Crippen LogP contribution in [0.4, 0.5) is 20.4 Å². The maximum absolute atomic E-state index is 13.7. The van der Waals surface area contributed by atoms with Crippen LogP contribution in [0.15, 0.2) is 23.1 Å². The standard InChI is InChI=1S/C21H27F2N5OS/c1-13-10-15(22)16(23)11-17(13)25-20-24-12-18-19(26-20)28(21(29)27(18)2)14-6-5-8-30(3,4)9-7-14/h10-12,14H,5-9H2,1-4H3,(H,24,25,26). The zero-order chi connectivity index (χ0) is 21.6. The van der Waals surface area contributed by atoms with Crippen LogP contribution in [0.1, 0.15) is 30.9 Å². The highest BCUT2D eigenvalue weighted by atomic mass is 32.3. The van der Waals surface area contributed by atoms with Gasteiger partial charge in [-0.3, -0.25) is 9.13 Å². The van der Waals surface area contributed by atoms with Crippen LogP contribution >= 0.6 is 10.0 Å². The van der Waals surface area contributed by atoms with E-state index in [1.807, 2.05) is 0 Å². The molecule has 0 spiro atoms. The fourth-order valence-corrected chi connectivity index (χ4v) is 6.16. The Balaban J connectivity index is 1.75. The number of anilines is 2. The molecule has 0 radical (unpaired) electrons. The molecule has 3 aromatic rings. The molecular weight excluding hydrogens is 408 g/mol. The summed E-state index contributed by atoms with van der Waals surface area (Å²) in [5.74, 6) is 0.759. The Morgan fingerprint density at radius 3 is 2.67 bits per heavy atom. The third-order valence-electron chi connectivity index (χ3n) is 5.95. The van der Waals surface area contributed by atoms with Gasteiger partial charge >= 0.3 is 5.69 Å². The van der Waals surface area contributed by atoms with E-state index in [1.54, 1.807) is 29.3 Å². The first kappa shape index (κ1) is 20.8. The monoisotopic (exact) mass is 435 g/mol. The molecule has 1 atom stereocenters. The van der Waals surface area contributed by atoms with Crippen molar-refractivity contribution in [3.63, 3.8) is 0 Å². The predicted molar refractivity (Wildman–Crippen MR) is 119 cm³/mol. The molecule has 1 unspecified atom stereocenters. The summed E-state index contributed by atoms with van der Waals surface area (Å²) < 4.78 is 30.5. The normalized spacial score (nSPS) is 20.1. The van der Waals surface area contributed by atoms with Gasteiger partial charge in [-0.25, -0.2) is 28.6 Å². The number of halogens is 2. The van der Waals surface area contributed by atoms with Gasteiger partial charge in [-0.2, -0.15) is 4.98 Å². The number of aromatic nitrogens is 4. The molecule has 0 bridgehead atoms. The van der Waals surface area contributed by atoms with Gasteiger partial charge in [-0.1, -0.05) is 0 Å². The zero-order valence-corrected chi connectivity index (χ0v) is 18.5. The minimum absolute atomic E-state index is 0.0971. The molecule has 0 aliphatic carbocycles. The minimum Gasteiger partial charge on any atom is -0.324 e. The molecule has 1 aromatic carbocycles. The van der Waals surface area contributed by atoms with Crippen molar-refractivity contribution in [3.05, 3.63) is 46.0 Å². The molecule has 162 valence electrons. The SMILES string of the molecule is Cc1cc(F)c(F)cc1Nc1ncc2c(n1)n(C1CCCS(C)(C)CC1)c(=O)n2C. The van der Waals surface area contributed by atoms with E-state index in [4.69, 9.17) is 0 Å². The number of rotatable bonds is 3. The van der Waals surface area contributed by atoms with Crippen LogP contribution in [0.3, 0.4) is 0 Å². The summed E-state index contributed by atoms with van der Waals surface area (Å²) in [6.45, 7) is 1.68. The molecule has 1 aliphatic rings. The molecule has 30 heavy (non-hydrogen) atoms. The van der Waals surface area contributed by atoms with Crippen molar-refractivity contribution in [3.8, 4) is 0 Å². The van der Waals surface area contributed by atoms with Crippen LogP contribution < -0.4 is 11.0 Å². The number of hydrogen-bond donors (Lipinski definition) is 1. The molecule has 0 saturated carbocycles. The van der Waals surface area contributed by atoms with Gasteiger partial charge in [0.1, 0.15) is 5.52 Å². The summed E-state index contributed by atoms with van der Waals surface area (Å²) in [5, 5.41) is 2.97. The number of fused-ring (bicyclic) bond motifs is 1. The number of hydrogen-bond acceptors (Lipinski definition) is 4. The maximum atomic E-state index is 13.7. The Morgan fingerprint density at radius 1 is 1.17 bits per heavy atom. The molecule has 0 amide bonds. The number of benzene rings is 1. The summed E-state index contributed by atoms with van der Waals surface area (Å²) in [4.78, 5) is 21.9. The Morgan fingerprint density at radius 2 is 1.90 bits per heavy atom. The average molecular weight is 436 g/mol. The second-order valence-corrected chi connectivity index (χ2v) is 12.9. The van der Waals surface area contributed by atoms with E-state index in [2.05, 4.69) is 27.8 Å². The molecule has 1 saturated heterocycles. The van der Waals surface area contributed by atoms with Gasteiger partial charge < -0.3 is 5.32 Å². The lowest BCUT2D eigenvalue weighted by Crippen LogP contribution is -2.26. The van der Waals surface area contributed by atoms with Gasteiger partial charge in [0.05, 0.1) is 6.20 Å². The van der Waals surface area contributed by atoms with Crippen LogP contribution in [0.2, 0.25) is 0 Å². The zero-order valence-electron chi connectivity index (χ0n) is 17.7. The van der Waals surface area contributed by atoms with E-state index in [9.17, 15) is 13.6 Å². The fourth-order valence-electron chi connectivity index (χ4n) is 4.10. The number of imidazole rings is 1. The number of aryl methyl sites for hydroxylation is 2. The van der Waals surface area contributed by atoms with Crippen molar-refractivity contribution < 1.29 is 8.78 Å². The first-order valence-electron chi connectivity index (χ1n) is 10.0. The minimum atomic E-state index is -0.940. The molecular formula is C21H27F2N5OS. The van der Waals surface area contributed by atoms with Gasteiger partial charge in [0.25, 0.3) is 0 Å². The van der Waals surface area contributed by atoms with Gasteiger partial charge in [0, 0.05) is 24.8 Å². The predicted octanol–water partition coefficient (Wildman–Crippen LogP) is 4.25. The summed E-state index contributed by atoms with van der Waals surface area (Å²) in [6.07, 6.45) is 9.32. The molecule has 1 N–H and O–H groups in total. The first-order valence-corrected chi connectivity index (χ1v) is 12.8. The average Bonchev–Trinajstić information content (AvgIpc) is 2.81. The van der Waals surface area contributed by atoms with E-state index in [-0.39, 0.29) is 17.7 Å². The van der Waals surface area contributed by atoms with Gasteiger partial charge in [-0.05, 0) is 61.8 Å². The lowest BCUT2D eigenvalue weighted by Gasteiger charge is -2.29. The van der Waals surface area contributed by atoms with Crippen molar-refractivity contribution in [2.24, 2.45) is 7.05 Å². The van der Waals surface area contributed by atoms with Crippen molar-refractivity contribution >= 4 is 32.8 Å². The highest BCUT2D eigenvalue weighted by molar-refractivity contribution is 8.32. The van der Waals surface area contributed by atoms with Gasteiger partial charge in [-0.15, -0.1) is 0 Å². The molecule has 1 aliphatic heterocycles. The third-order valence-corrected chi connectivity index (χ3v) is 8.68. The van der Waals surface area contributed by atoms with Crippen LogP contribution in [0.5, 0.6) is 0 Å². The van der Waals surface area contributed by atoms with Crippen LogP contribution in [0, 0.1) is 18.6 Å². The molecule has 6 nitrogen and oxygen atoms in total. The van der Waals surface area contributed by atoms with Gasteiger partial charge in [0.15, 0.2) is 17.3 Å². The highest BCUT2D eigenvalue weighted by Gasteiger charge is 2.26. The second kappa shape index (κ2) is 7.68. The Kier molecular flexibility index (Phi) is 5.34. The quantitative estimate of drug-likeness (QED) is 0.668. The summed E-state index contributed by atoms with van der Waals surface area (Å²) in [5.41, 5.74) is 2.05. The lowest BCUT2D eigenvalue weighted by molar-refractivity contribution is 0.450. The van der Waals surface area contributed by atoms with Crippen LogP contribution in [-0.2, 0) is 7.05 Å². The summed E-state index contributed by atoms with van der Waals surface area (Å²) in [6, 6.07) is 2.32. The number of nitrogens with one attached hydrogen (secondary N) is 1. The molecule has 9 heteroatoms. The van der Waals surface area contributed by atoms with Crippen molar-refractivity contribution in [1.82, 2.24) is 19.1 Å². The number of nitrogens with zero attached hydrogens (tertiary/aromatic N) is 4. The largest absolute Gasteiger partial charge is 0.330 e. The van der Waals surface area contributed by atoms with Crippen molar-refractivity contribution in [2.75, 3.05) is 29.3 Å². The van der Waals surface area contributed by atoms with Crippen molar-refractivity contribution in [2.45, 2.75) is 32.2 Å². The third kappa shape index (κ3) is 3.82. The van der Waals surface area contributed by atoms with E-state index >= 15 is 0 Å². The second-order valence-electron chi connectivity index (χ2n) is 8.58. The molecule has 2 aromatic heterocycles. The summed E-state index contributed by atoms with van der Waals surface area (Å²) in [7, 11) is 1.11. The van der Waals surface area contributed by atoms with Crippen LogP contribution in [0.25, 0.3) is 11.2 Å². The molecule has 3 heterocycles. The topological polar surface area (TPSA) is 64.7 Å².